The van der Waals surface area contributed by atoms with E-state index in [1.807, 2.05) is 6.08 Å². The molecule has 1 fully saturated rings. The molecular weight excluding hydrogens is 120 g/mol. The lowest BCUT2D eigenvalue weighted by atomic mass is 9.70. The van der Waals surface area contributed by atoms with Crippen LogP contribution < -0.4 is 0 Å². The first kappa shape index (κ1) is 6.93. The van der Waals surface area contributed by atoms with Gasteiger partial charge in [-0.2, -0.15) is 0 Å². The second-order valence-corrected chi connectivity index (χ2v) is 2.53. The minimum absolute atomic E-state index is 0.349. The first-order chi connectivity index (χ1) is 4.79. The molecule has 10 heavy (non-hydrogen) atoms. The summed E-state index contributed by atoms with van der Waals surface area (Å²) >= 11 is 0. The predicted molar refractivity (Wildman–Crippen MR) is 43.3 cm³/mol. The van der Waals surface area contributed by atoms with Crippen LogP contribution in [0, 0.1) is 24.2 Å². The summed E-state index contributed by atoms with van der Waals surface area (Å²) in [5, 5.41) is 0. The Labute approximate surface area is 61.9 Å². The molecule has 1 rings (SSSR count). The van der Waals surface area contributed by atoms with Crippen LogP contribution in [-0.4, -0.2) is 0 Å². The number of allylic oxidation sites excluding steroid dienone is 2. The van der Waals surface area contributed by atoms with E-state index in [0.717, 1.165) is 6.42 Å². The van der Waals surface area contributed by atoms with Crippen molar-refractivity contribution in [2.75, 3.05) is 0 Å². The molecule has 0 bridgehead atoms. The molecule has 0 aromatic heterocycles. The van der Waals surface area contributed by atoms with E-state index in [1.54, 1.807) is 0 Å². The Morgan fingerprint density at radius 1 is 1.70 bits per heavy atom. The van der Waals surface area contributed by atoms with Crippen molar-refractivity contribution in [2.24, 2.45) is 11.8 Å². The van der Waals surface area contributed by atoms with Crippen LogP contribution in [0.5, 0.6) is 0 Å². The van der Waals surface area contributed by atoms with Gasteiger partial charge in [-0.1, -0.05) is 18.7 Å². The molecule has 0 N–H and O–H groups in total. The van der Waals surface area contributed by atoms with Crippen molar-refractivity contribution >= 4 is 0 Å². The molecule has 1 aliphatic rings. The van der Waals surface area contributed by atoms with Crippen molar-refractivity contribution < 1.29 is 0 Å². The normalized spacial score (nSPS) is 29.7. The average molecular weight is 130 g/mol. The quantitative estimate of drug-likeness (QED) is 0.290. The summed E-state index contributed by atoms with van der Waals surface area (Å²) in [6.45, 7) is 7.36. The third-order valence-corrected chi connectivity index (χ3v) is 1.90. The topological polar surface area (TPSA) is 0 Å². The summed E-state index contributed by atoms with van der Waals surface area (Å²) < 4.78 is 0. The van der Waals surface area contributed by atoms with Gasteiger partial charge in [-0.05, 0) is 12.5 Å². The van der Waals surface area contributed by atoms with Gasteiger partial charge in [-0.25, -0.2) is 0 Å². The molecule has 0 aliphatic heterocycles. The molecule has 2 atom stereocenters. The van der Waals surface area contributed by atoms with Gasteiger partial charge in [-0.3, -0.25) is 0 Å². The van der Waals surface area contributed by atoms with Gasteiger partial charge in [0.05, 0.1) is 0 Å². The lowest BCUT2D eigenvalue weighted by Gasteiger charge is -2.32. The summed E-state index contributed by atoms with van der Waals surface area (Å²) in [6, 6.07) is 0. The van der Waals surface area contributed by atoms with Gasteiger partial charge in [0.25, 0.3) is 0 Å². The number of rotatable bonds is 1. The van der Waals surface area contributed by atoms with Crippen molar-refractivity contribution in [3.05, 3.63) is 30.5 Å². The van der Waals surface area contributed by atoms with Gasteiger partial charge in [0.15, 0.2) is 0 Å². The number of hydrogen-bond donors (Lipinski definition) is 0. The van der Waals surface area contributed by atoms with E-state index in [1.165, 1.54) is 5.57 Å². The van der Waals surface area contributed by atoms with Crippen LogP contribution in [0.2, 0.25) is 0 Å². The van der Waals surface area contributed by atoms with E-state index in [2.05, 4.69) is 24.8 Å². The average Bonchev–Trinajstić information content (AvgIpc) is 1.95. The minimum atomic E-state index is 0.349. The first-order valence-corrected chi connectivity index (χ1v) is 3.29. The zero-order valence-corrected chi connectivity index (χ0v) is 5.93. The van der Waals surface area contributed by atoms with Crippen molar-refractivity contribution in [3.63, 3.8) is 0 Å². The predicted octanol–water partition coefficient (Wildman–Crippen LogP) is 2.15. The van der Waals surface area contributed by atoms with Crippen molar-refractivity contribution in [1.29, 1.82) is 0 Å². The van der Waals surface area contributed by atoms with E-state index in [4.69, 9.17) is 6.42 Å². The molecule has 0 nitrogen and oxygen atoms in total. The summed E-state index contributed by atoms with van der Waals surface area (Å²) in [7, 11) is 0. The maximum atomic E-state index is 5.26. The van der Waals surface area contributed by atoms with E-state index >= 15 is 0 Å². The van der Waals surface area contributed by atoms with Crippen LogP contribution in [0.1, 0.15) is 6.42 Å². The molecule has 0 saturated heterocycles. The SMILES string of the molecule is C#C[C@H]1CC(=C)[C@@H]1C=C=C. The fourth-order valence-electron chi connectivity index (χ4n) is 1.19. The second kappa shape index (κ2) is 2.60. The van der Waals surface area contributed by atoms with Gasteiger partial charge < -0.3 is 0 Å². The Bertz CT molecular complexity index is 231. The fraction of sp³-hybridized carbons (Fsp3) is 0.300. The molecule has 0 aromatic carbocycles. The lowest BCUT2D eigenvalue weighted by Crippen LogP contribution is -2.24. The molecule has 50 valence electrons. The smallest absolute Gasteiger partial charge is 0.0343 e. The summed E-state index contributed by atoms with van der Waals surface area (Å²) in [4.78, 5) is 0. The molecular formula is C10H10. The summed E-state index contributed by atoms with van der Waals surface area (Å²) in [6.07, 6.45) is 8.13. The Morgan fingerprint density at radius 2 is 2.40 bits per heavy atom. The van der Waals surface area contributed by atoms with Crippen molar-refractivity contribution in [2.45, 2.75) is 6.42 Å². The molecule has 0 radical (unpaired) electrons. The monoisotopic (exact) mass is 130 g/mol. The van der Waals surface area contributed by atoms with Crippen molar-refractivity contribution in [3.8, 4) is 12.3 Å². The highest BCUT2D eigenvalue weighted by Crippen LogP contribution is 2.38. The van der Waals surface area contributed by atoms with Crippen LogP contribution in [0.25, 0.3) is 0 Å². The van der Waals surface area contributed by atoms with Crippen LogP contribution in [0.15, 0.2) is 30.5 Å². The van der Waals surface area contributed by atoms with E-state index in [0.29, 0.717) is 11.8 Å². The molecule has 1 aliphatic carbocycles. The van der Waals surface area contributed by atoms with Gasteiger partial charge in [0.2, 0.25) is 0 Å². The highest BCUT2D eigenvalue weighted by molar-refractivity contribution is 5.27. The molecule has 1 saturated carbocycles. The Morgan fingerprint density at radius 3 is 2.80 bits per heavy atom. The van der Waals surface area contributed by atoms with Crippen LogP contribution in [0.3, 0.4) is 0 Å². The standard InChI is InChI=1S/C10H10/c1-4-6-10-8(3)7-9(10)5-2/h2,6,9-10H,1,3,7H2/t9-,10-/m0/s1. The van der Waals surface area contributed by atoms with Gasteiger partial charge >= 0.3 is 0 Å². The van der Waals surface area contributed by atoms with Gasteiger partial charge in [0.1, 0.15) is 0 Å². The summed E-state index contributed by atoms with van der Waals surface area (Å²) in [5.41, 5.74) is 3.94. The Hall–Kier alpha value is -1.18. The lowest BCUT2D eigenvalue weighted by molar-refractivity contribution is 0.425. The maximum absolute atomic E-state index is 5.26. The van der Waals surface area contributed by atoms with E-state index in [-0.39, 0.29) is 0 Å². The largest absolute Gasteiger partial charge is 0.132 e. The molecule has 0 amide bonds. The first-order valence-electron chi connectivity index (χ1n) is 3.29. The minimum Gasteiger partial charge on any atom is -0.132 e. The fourth-order valence-corrected chi connectivity index (χ4v) is 1.19. The highest BCUT2D eigenvalue weighted by atomic mass is 14.3. The van der Waals surface area contributed by atoms with Crippen LogP contribution in [-0.2, 0) is 0 Å². The molecule has 0 spiro atoms. The Balaban J connectivity index is 2.67. The zero-order chi connectivity index (χ0) is 7.56. The van der Waals surface area contributed by atoms with E-state index in [9.17, 15) is 0 Å². The van der Waals surface area contributed by atoms with Crippen molar-refractivity contribution in [1.82, 2.24) is 0 Å². The Kier molecular flexibility index (Phi) is 1.81. The molecule has 0 heteroatoms. The number of terminal acetylenes is 1. The maximum Gasteiger partial charge on any atom is 0.0343 e. The molecule has 0 unspecified atom stereocenters. The molecule has 0 heterocycles. The van der Waals surface area contributed by atoms with Gasteiger partial charge in [0, 0.05) is 11.8 Å². The third-order valence-electron chi connectivity index (χ3n) is 1.90. The second-order valence-electron chi connectivity index (χ2n) is 2.53. The zero-order valence-electron chi connectivity index (χ0n) is 5.93. The van der Waals surface area contributed by atoms with E-state index < -0.39 is 0 Å². The summed E-state index contributed by atoms with van der Waals surface area (Å²) in [5.74, 6) is 3.41. The number of hydrogen-bond acceptors (Lipinski definition) is 0. The van der Waals surface area contributed by atoms with Crippen LogP contribution >= 0.6 is 0 Å². The van der Waals surface area contributed by atoms with Gasteiger partial charge in [-0.15, -0.1) is 18.1 Å². The molecule has 0 aromatic rings. The highest BCUT2D eigenvalue weighted by Gasteiger charge is 2.30. The third kappa shape index (κ3) is 0.923. The van der Waals surface area contributed by atoms with Crippen LogP contribution in [0.4, 0.5) is 0 Å².